The number of carbonyl (C=O) groups is 2. The fraction of sp³-hybridized carbons (Fsp3) is 0.600. The van der Waals surface area contributed by atoms with Gasteiger partial charge in [-0.05, 0) is 0 Å². The molecule has 2 rings (SSSR count). The maximum Gasteiger partial charge on any atom is 0.324 e. The molecule has 24 heavy (non-hydrogen) atoms. The van der Waals surface area contributed by atoms with Crippen molar-refractivity contribution >= 4 is 17.9 Å². The average molecular weight is 336 g/mol. The number of rotatable bonds is 5. The van der Waals surface area contributed by atoms with Crippen LogP contribution < -0.4 is 16.0 Å². The maximum absolute atomic E-state index is 11.5. The van der Waals surface area contributed by atoms with Crippen LogP contribution in [0.3, 0.4) is 0 Å². The fourth-order valence-electron chi connectivity index (χ4n) is 2.09. The lowest BCUT2D eigenvalue weighted by Gasteiger charge is -2.15. The largest absolute Gasteiger partial charge is 0.443 e. The number of urea groups is 1. The third-order valence-electron chi connectivity index (χ3n) is 3.49. The van der Waals surface area contributed by atoms with Gasteiger partial charge >= 0.3 is 6.03 Å². The Labute approximate surface area is 140 Å². The Bertz CT molecular complexity index is 615. The highest BCUT2D eigenvalue weighted by atomic mass is 16.4. The molecule has 0 unspecified atom stereocenters. The smallest absolute Gasteiger partial charge is 0.324 e. The van der Waals surface area contributed by atoms with Gasteiger partial charge in [-0.1, -0.05) is 20.8 Å². The van der Waals surface area contributed by atoms with Crippen LogP contribution in [0.5, 0.6) is 0 Å². The van der Waals surface area contributed by atoms with Crippen LogP contribution in [0.1, 0.15) is 32.4 Å². The van der Waals surface area contributed by atoms with Crippen molar-refractivity contribution in [2.75, 3.05) is 26.7 Å². The summed E-state index contributed by atoms with van der Waals surface area (Å²) in [5.41, 5.74) is -0.0893. The van der Waals surface area contributed by atoms with E-state index in [9.17, 15) is 9.59 Å². The lowest BCUT2D eigenvalue weighted by Crippen LogP contribution is -2.43. The normalized spacial score (nSPS) is 15.7. The molecule has 9 heteroatoms. The molecule has 3 N–H and O–H groups in total. The van der Waals surface area contributed by atoms with E-state index in [1.165, 1.54) is 4.90 Å². The van der Waals surface area contributed by atoms with Crippen molar-refractivity contribution in [3.8, 4) is 0 Å². The van der Waals surface area contributed by atoms with Crippen LogP contribution in [0.25, 0.3) is 0 Å². The molecule has 132 valence electrons. The number of carbonyl (C=O) groups excluding carboxylic acids is 2. The van der Waals surface area contributed by atoms with E-state index in [-0.39, 0.29) is 30.4 Å². The van der Waals surface area contributed by atoms with Crippen LogP contribution in [0.4, 0.5) is 4.79 Å². The molecular formula is C15H24N6O3. The Kier molecular flexibility index (Phi) is 5.42. The number of hydrogen-bond donors (Lipinski definition) is 3. The molecule has 0 aromatic carbocycles. The Morgan fingerprint density at radius 3 is 2.71 bits per heavy atom. The standard InChI is InChI=1S/C15H24N6O3/c1-15(2,3)10-7-18-11(24-10)8-19-13(16-4)17-5-6-21-12(22)9-20-14(21)23/h7H,5-6,8-9H2,1-4H3,(H,20,23)(H2,16,17,19). The molecule has 0 aliphatic carbocycles. The highest BCUT2D eigenvalue weighted by molar-refractivity contribution is 6.01. The molecule has 2 heterocycles. The quantitative estimate of drug-likeness (QED) is 0.402. The minimum Gasteiger partial charge on any atom is -0.443 e. The third-order valence-corrected chi connectivity index (χ3v) is 3.49. The zero-order valence-electron chi connectivity index (χ0n) is 14.5. The monoisotopic (exact) mass is 336 g/mol. The molecule has 0 bridgehead atoms. The number of aromatic nitrogens is 1. The lowest BCUT2D eigenvalue weighted by molar-refractivity contribution is -0.124. The summed E-state index contributed by atoms with van der Waals surface area (Å²) in [6.07, 6.45) is 1.73. The first-order valence-corrected chi connectivity index (χ1v) is 7.79. The number of aliphatic imine (C=N–C) groups is 1. The second-order valence-electron chi connectivity index (χ2n) is 6.42. The highest BCUT2D eigenvalue weighted by Gasteiger charge is 2.27. The molecule has 0 radical (unpaired) electrons. The zero-order valence-corrected chi connectivity index (χ0v) is 14.5. The van der Waals surface area contributed by atoms with E-state index in [4.69, 9.17) is 4.42 Å². The molecule has 1 aliphatic heterocycles. The zero-order chi connectivity index (χ0) is 17.7. The predicted octanol–water partition coefficient (Wildman–Crippen LogP) is 0.189. The van der Waals surface area contributed by atoms with Crippen molar-refractivity contribution in [1.29, 1.82) is 0 Å². The van der Waals surface area contributed by atoms with Crippen LogP contribution >= 0.6 is 0 Å². The summed E-state index contributed by atoms with van der Waals surface area (Å²) >= 11 is 0. The fourth-order valence-corrected chi connectivity index (χ4v) is 2.09. The van der Waals surface area contributed by atoms with Crippen LogP contribution in [0.2, 0.25) is 0 Å². The molecule has 1 fully saturated rings. The molecule has 0 atom stereocenters. The van der Waals surface area contributed by atoms with Gasteiger partial charge in [0.15, 0.2) is 5.96 Å². The van der Waals surface area contributed by atoms with Gasteiger partial charge in [0.25, 0.3) is 0 Å². The Morgan fingerprint density at radius 1 is 1.42 bits per heavy atom. The molecule has 9 nitrogen and oxygen atoms in total. The van der Waals surface area contributed by atoms with Crippen molar-refractivity contribution in [2.24, 2.45) is 4.99 Å². The van der Waals surface area contributed by atoms with Gasteiger partial charge in [0.2, 0.25) is 11.8 Å². The number of guanidine groups is 1. The first-order valence-electron chi connectivity index (χ1n) is 7.79. The van der Waals surface area contributed by atoms with Gasteiger partial charge in [-0.3, -0.25) is 14.7 Å². The lowest BCUT2D eigenvalue weighted by atomic mass is 9.94. The van der Waals surface area contributed by atoms with Crippen molar-refractivity contribution in [3.63, 3.8) is 0 Å². The predicted molar refractivity (Wildman–Crippen MR) is 88.5 cm³/mol. The van der Waals surface area contributed by atoms with Gasteiger partial charge in [0.05, 0.1) is 19.3 Å². The molecule has 1 aromatic rings. The maximum atomic E-state index is 11.5. The number of nitrogens with one attached hydrogen (secondary N) is 3. The second kappa shape index (κ2) is 7.33. The van der Waals surface area contributed by atoms with E-state index in [0.29, 0.717) is 24.9 Å². The van der Waals surface area contributed by atoms with Gasteiger partial charge in [-0.2, -0.15) is 0 Å². The Hall–Kier alpha value is -2.58. The molecule has 0 saturated carbocycles. The Balaban J connectivity index is 1.77. The number of nitrogens with zero attached hydrogens (tertiary/aromatic N) is 3. The van der Waals surface area contributed by atoms with Gasteiger partial charge in [0.1, 0.15) is 5.76 Å². The summed E-state index contributed by atoms with van der Waals surface area (Å²) in [6.45, 7) is 7.30. The van der Waals surface area contributed by atoms with Crippen LogP contribution in [-0.4, -0.2) is 54.5 Å². The van der Waals surface area contributed by atoms with Gasteiger partial charge in [-0.15, -0.1) is 0 Å². The van der Waals surface area contributed by atoms with Gasteiger partial charge < -0.3 is 20.4 Å². The first kappa shape index (κ1) is 17.8. The van der Waals surface area contributed by atoms with Gasteiger partial charge in [-0.25, -0.2) is 9.78 Å². The van der Waals surface area contributed by atoms with E-state index in [2.05, 4.69) is 46.7 Å². The molecule has 0 spiro atoms. The Morgan fingerprint density at radius 2 is 2.17 bits per heavy atom. The summed E-state index contributed by atoms with van der Waals surface area (Å²) in [6, 6.07) is -0.362. The van der Waals surface area contributed by atoms with Crippen molar-refractivity contribution in [1.82, 2.24) is 25.8 Å². The minimum absolute atomic E-state index is 0.0616. The van der Waals surface area contributed by atoms with Crippen molar-refractivity contribution in [3.05, 3.63) is 17.8 Å². The topological polar surface area (TPSA) is 112 Å². The SMILES string of the molecule is CN=C(NCCN1C(=O)CNC1=O)NCc1ncc(C(C)(C)C)o1. The highest BCUT2D eigenvalue weighted by Crippen LogP contribution is 2.22. The summed E-state index contributed by atoms with van der Waals surface area (Å²) in [4.78, 5) is 32.4. The summed E-state index contributed by atoms with van der Waals surface area (Å²) in [5.74, 6) is 1.70. The molecular weight excluding hydrogens is 312 g/mol. The number of hydrogen-bond acceptors (Lipinski definition) is 5. The van der Waals surface area contributed by atoms with E-state index in [0.717, 1.165) is 5.76 Å². The van der Waals surface area contributed by atoms with E-state index < -0.39 is 0 Å². The van der Waals surface area contributed by atoms with Crippen molar-refractivity contribution in [2.45, 2.75) is 32.7 Å². The van der Waals surface area contributed by atoms with Crippen molar-refractivity contribution < 1.29 is 14.0 Å². The summed E-state index contributed by atoms with van der Waals surface area (Å²) < 4.78 is 5.69. The third kappa shape index (κ3) is 4.46. The number of oxazole rings is 1. The van der Waals surface area contributed by atoms with E-state index in [1.807, 2.05) is 0 Å². The van der Waals surface area contributed by atoms with Crippen LogP contribution in [0, 0.1) is 0 Å². The summed E-state index contributed by atoms with van der Waals surface area (Å²) in [7, 11) is 1.64. The summed E-state index contributed by atoms with van der Waals surface area (Å²) in [5, 5.41) is 8.59. The molecule has 3 amide bonds. The molecule has 1 aromatic heterocycles. The first-order chi connectivity index (χ1) is 11.3. The van der Waals surface area contributed by atoms with Crippen LogP contribution in [-0.2, 0) is 16.8 Å². The molecule has 1 aliphatic rings. The average Bonchev–Trinajstić information content (AvgIpc) is 3.11. The van der Waals surface area contributed by atoms with Crippen LogP contribution in [0.15, 0.2) is 15.6 Å². The second-order valence-corrected chi connectivity index (χ2v) is 6.42. The minimum atomic E-state index is -0.362. The van der Waals surface area contributed by atoms with E-state index in [1.54, 1.807) is 13.2 Å². The van der Waals surface area contributed by atoms with E-state index >= 15 is 0 Å². The number of imide groups is 1. The van der Waals surface area contributed by atoms with Gasteiger partial charge in [0, 0.05) is 25.6 Å². The number of amides is 3. The molecule has 1 saturated heterocycles.